The van der Waals surface area contributed by atoms with E-state index in [1.54, 1.807) is 66.6 Å². The average Bonchev–Trinajstić information content (AvgIpc) is 3.43. The van der Waals surface area contributed by atoms with E-state index in [2.05, 4.69) is 10.4 Å². The number of amides is 2. The van der Waals surface area contributed by atoms with Crippen LogP contribution in [-0.2, 0) is 9.53 Å². The second-order valence-electron chi connectivity index (χ2n) is 7.18. The van der Waals surface area contributed by atoms with Crippen molar-refractivity contribution >= 4 is 40.8 Å². The van der Waals surface area contributed by atoms with Gasteiger partial charge >= 0.3 is 5.97 Å². The Hall–Kier alpha value is -3.65. The molecule has 1 N–H and O–H groups in total. The van der Waals surface area contributed by atoms with Gasteiger partial charge in [-0.3, -0.25) is 9.59 Å². The van der Waals surface area contributed by atoms with Crippen LogP contribution in [0.15, 0.2) is 54.7 Å². The van der Waals surface area contributed by atoms with E-state index in [0.717, 1.165) is 6.42 Å². The topological polar surface area (TPSA) is 93.5 Å². The van der Waals surface area contributed by atoms with Crippen molar-refractivity contribution in [2.24, 2.45) is 0 Å². The predicted octanol–water partition coefficient (Wildman–Crippen LogP) is 4.08. The van der Waals surface area contributed by atoms with Crippen LogP contribution in [0.25, 0.3) is 5.69 Å². The van der Waals surface area contributed by atoms with Gasteiger partial charge < -0.3 is 15.0 Å². The summed E-state index contributed by atoms with van der Waals surface area (Å²) < 4.78 is 6.49. The number of hydrogen-bond acceptors (Lipinski definition) is 5. The van der Waals surface area contributed by atoms with Crippen molar-refractivity contribution in [2.75, 3.05) is 23.4 Å². The second kappa shape index (κ2) is 9.23. The number of nitrogens with zero attached hydrogens (tertiary/aromatic N) is 3. The van der Waals surface area contributed by atoms with Gasteiger partial charge in [-0.05, 0) is 55.8 Å². The SMILES string of the molecule is CCOC(=O)c1ccn(-c2cccc(NC(=O)c3ccc(Cl)cc3N3CCCC3=O)c2)n1. The smallest absolute Gasteiger partial charge is 0.358 e. The molecule has 1 fully saturated rings. The number of hydrogen-bond donors (Lipinski definition) is 1. The molecule has 2 amide bonds. The number of aromatic nitrogens is 2. The lowest BCUT2D eigenvalue weighted by atomic mass is 10.1. The number of halogens is 1. The van der Waals surface area contributed by atoms with Gasteiger partial charge in [0.05, 0.1) is 23.5 Å². The van der Waals surface area contributed by atoms with Crippen LogP contribution < -0.4 is 10.2 Å². The zero-order chi connectivity index (χ0) is 22.7. The third-order valence-corrected chi connectivity index (χ3v) is 5.25. The van der Waals surface area contributed by atoms with Crippen LogP contribution in [0.3, 0.4) is 0 Å². The number of benzene rings is 2. The van der Waals surface area contributed by atoms with Gasteiger partial charge in [0.2, 0.25) is 5.91 Å². The molecule has 4 rings (SSSR count). The van der Waals surface area contributed by atoms with Gasteiger partial charge in [-0.15, -0.1) is 0 Å². The van der Waals surface area contributed by atoms with E-state index in [-0.39, 0.29) is 24.1 Å². The highest BCUT2D eigenvalue weighted by Gasteiger charge is 2.26. The van der Waals surface area contributed by atoms with Crippen molar-refractivity contribution in [2.45, 2.75) is 19.8 Å². The molecular formula is C23H21ClN4O4. The van der Waals surface area contributed by atoms with Crippen molar-refractivity contribution < 1.29 is 19.1 Å². The van der Waals surface area contributed by atoms with Crippen molar-refractivity contribution in [3.8, 4) is 5.69 Å². The van der Waals surface area contributed by atoms with Gasteiger partial charge in [0.15, 0.2) is 5.69 Å². The maximum absolute atomic E-state index is 13.0. The Labute approximate surface area is 189 Å². The lowest BCUT2D eigenvalue weighted by molar-refractivity contribution is -0.117. The monoisotopic (exact) mass is 452 g/mol. The molecule has 1 aliphatic rings. The van der Waals surface area contributed by atoms with E-state index in [9.17, 15) is 14.4 Å². The molecule has 2 aromatic carbocycles. The average molecular weight is 453 g/mol. The molecule has 1 aromatic heterocycles. The minimum absolute atomic E-state index is 0.0283. The van der Waals surface area contributed by atoms with Gasteiger partial charge in [0.1, 0.15) is 0 Å². The van der Waals surface area contributed by atoms with E-state index in [1.165, 1.54) is 4.68 Å². The highest BCUT2D eigenvalue weighted by Crippen LogP contribution is 2.29. The van der Waals surface area contributed by atoms with E-state index in [0.29, 0.717) is 40.6 Å². The molecule has 0 aliphatic carbocycles. The highest BCUT2D eigenvalue weighted by molar-refractivity contribution is 6.31. The van der Waals surface area contributed by atoms with Gasteiger partial charge in [-0.1, -0.05) is 17.7 Å². The first-order valence-corrected chi connectivity index (χ1v) is 10.6. The third kappa shape index (κ3) is 4.50. The van der Waals surface area contributed by atoms with Crippen LogP contribution in [0.2, 0.25) is 5.02 Å². The van der Waals surface area contributed by atoms with Crippen LogP contribution in [0.5, 0.6) is 0 Å². The Morgan fingerprint density at radius 1 is 1.19 bits per heavy atom. The summed E-state index contributed by atoms with van der Waals surface area (Å²) in [5.41, 5.74) is 2.25. The van der Waals surface area contributed by atoms with E-state index >= 15 is 0 Å². The summed E-state index contributed by atoms with van der Waals surface area (Å²) in [7, 11) is 0. The van der Waals surface area contributed by atoms with Gasteiger partial charge in [-0.2, -0.15) is 5.10 Å². The maximum Gasteiger partial charge on any atom is 0.358 e. The minimum Gasteiger partial charge on any atom is -0.461 e. The number of carbonyl (C=O) groups excluding carboxylic acids is 3. The molecule has 0 spiro atoms. The van der Waals surface area contributed by atoms with Crippen molar-refractivity contribution in [3.63, 3.8) is 0 Å². The normalized spacial score (nSPS) is 13.3. The fourth-order valence-corrected chi connectivity index (χ4v) is 3.70. The fraction of sp³-hybridized carbons (Fsp3) is 0.217. The molecule has 2 heterocycles. The third-order valence-electron chi connectivity index (χ3n) is 5.01. The molecule has 32 heavy (non-hydrogen) atoms. The summed E-state index contributed by atoms with van der Waals surface area (Å²) in [5.74, 6) is -0.886. The molecule has 8 nitrogen and oxygen atoms in total. The minimum atomic E-state index is -0.498. The Morgan fingerprint density at radius 2 is 2.03 bits per heavy atom. The zero-order valence-electron chi connectivity index (χ0n) is 17.4. The van der Waals surface area contributed by atoms with Gasteiger partial charge in [0, 0.05) is 29.9 Å². The first-order valence-electron chi connectivity index (χ1n) is 10.2. The number of carbonyl (C=O) groups is 3. The van der Waals surface area contributed by atoms with Gasteiger partial charge in [0.25, 0.3) is 5.91 Å². The molecule has 0 unspecified atom stereocenters. The lowest BCUT2D eigenvalue weighted by Gasteiger charge is -2.20. The largest absolute Gasteiger partial charge is 0.461 e. The van der Waals surface area contributed by atoms with E-state index in [4.69, 9.17) is 16.3 Å². The summed E-state index contributed by atoms with van der Waals surface area (Å²) in [4.78, 5) is 38.7. The molecule has 0 bridgehead atoms. The quantitative estimate of drug-likeness (QED) is 0.569. The summed E-state index contributed by atoms with van der Waals surface area (Å²) in [6.45, 7) is 2.55. The first kappa shape index (κ1) is 21.6. The standard InChI is InChI=1S/C23H21ClN4O4/c1-2-32-23(31)19-10-12-28(26-19)17-6-3-5-16(14-17)25-22(30)18-9-8-15(24)13-20(18)27-11-4-7-21(27)29/h3,5-6,8-10,12-14H,2,4,7,11H2,1H3,(H,25,30). The first-order chi connectivity index (χ1) is 15.5. The summed E-state index contributed by atoms with van der Waals surface area (Å²) >= 11 is 6.13. The van der Waals surface area contributed by atoms with Crippen LogP contribution >= 0.6 is 11.6 Å². The van der Waals surface area contributed by atoms with Crippen LogP contribution in [-0.4, -0.2) is 40.7 Å². The van der Waals surface area contributed by atoms with Crippen LogP contribution in [0.1, 0.15) is 40.6 Å². The number of ether oxygens (including phenoxy) is 1. The van der Waals surface area contributed by atoms with Crippen molar-refractivity contribution in [1.82, 2.24) is 9.78 Å². The molecule has 0 radical (unpaired) electrons. The predicted molar refractivity (Wildman–Crippen MR) is 121 cm³/mol. The Morgan fingerprint density at radius 3 is 2.78 bits per heavy atom. The number of nitrogens with one attached hydrogen (secondary N) is 1. The van der Waals surface area contributed by atoms with Crippen LogP contribution in [0, 0.1) is 0 Å². The summed E-state index contributed by atoms with van der Waals surface area (Å²) in [6.07, 6.45) is 2.84. The fourth-order valence-electron chi connectivity index (χ4n) is 3.53. The molecular weight excluding hydrogens is 432 g/mol. The second-order valence-corrected chi connectivity index (χ2v) is 7.62. The number of anilines is 2. The summed E-state index contributed by atoms with van der Waals surface area (Å²) in [6, 6.07) is 13.5. The maximum atomic E-state index is 13.0. The van der Waals surface area contributed by atoms with Crippen molar-refractivity contribution in [1.29, 1.82) is 0 Å². The van der Waals surface area contributed by atoms with E-state index < -0.39 is 5.97 Å². The zero-order valence-corrected chi connectivity index (χ0v) is 18.1. The van der Waals surface area contributed by atoms with Crippen molar-refractivity contribution in [3.05, 3.63) is 71.0 Å². The Kier molecular flexibility index (Phi) is 6.23. The Bertz CT molecular complexity index is 1190. The molecule has 0 atom stereocenters. The molecule has 0 saturated carbocycles. The summed E-state index contributed by atoms with van der Waals surface area (Å²) in [5, 5.41) is 7.55. The number of rotatable bonds is 6. The van der Waals surface area contributed by atoms with Crippen LogP contribution in [0.4, 0.5) is 11.4 Å². The molecule has 164 valence electrons. The molecule has 1 saturated heterocycles. The highest BCUT2D eigenvalue weighted by atomic mass is 35.5. The molecule has 1 aliphatic heterocycles. The Balaban J connectivity index is 1.57. The number of esters is 1. The van der Waals surface area contributed by atoms with E-state index in [1.807, 2.05) is 0 Å². The molecule has 3 aromatic rings. The molecule has 9 heteroatoms. The van der Waals surface area contributed by atoms with Gasteiger partial charge in [-0.25, -0.2) is 9.48 Å². The lowest BCUT2D eigenvalue weighted by Crippen LogP contribution is -2.27.